The number of nitrogens with zero attached hydrogens (tertiary/aromatic N) is 2. The van der Waals surface area contributed by atoms with Gasteiger partial charge in [0.15, 0.2) is 0 Å². The van der Waals surface area contributed by atoms with Gasteiger partial charge in [-0.15, -0.1) is 0 Å². The molecule has 2 N–H and O–H groups in total. The van der Waals surface area contributed by atoms with Crippen molar-refractivity contribution in [3.63, 3.8) is 0 Å². The lowest BCUT2D eigenvalue weighted by atomic mass is 9.70. The van der Waals surface area contributed by atoms with E-state index < -0.39 is 0 Å². The van der Waals surface area contributed by atoms with Gasteiger partial charge in [-0.3, -0.25) is 4.90 Å². The van der Waals surface area contributed by atoms with Crippen molar-refractivity contribution in [3.05, 3.63) is 0 Å². The van der Waals surface area contributed by atoms with E-state index in [4.69, 9.17) is 5.73 Å². The quantitative estimate of drug-likeness (QED) is 0.844. The maximum absolute atomic E-state index is 6.35. The minimum Gasteiger partial charge on any atom is -0.329 e. The fourth-order valence-corrected chi connectivity index (χ4v) is 5.04. The highest BCUT2D eigenvalue weighted by molar-refractivity contribution is 5.08. The van der Waals surface area contributed by atoms with Crippen LogP contribution in [0.4, 0.5) is 0 Å². The lowest BCUT2D eigenvalue weighted by Gasteiger charge is -2.60. The predicted molar refractivity (Wildman–Crippen MR) is 80.2 cm³/mol. The molecule has 4 fully saturated rings. The van der Waals surface area contributed by atoms with Crippen molar-refractivity contribution in [2.75, 3.05) is 32.7 Å². The van der Waals surface area contributed by atoms with Crippen LogP contribution in [0.2, 0.25) is 0 Å². The van der Waals surface area contributed by atoms with Gasteiger partial charge < -0.3 is 10.6 Å². The smallest absolute Gasteiger partial charge is 0.0490 e. The Hall–Kier alpha value is -0.120. The zero-order chi connectivity index (χ0) is 13.3. The van der Waals surface area contributed by atoms with Gasteiger partial charge in [-0.2, -0.15) is 0 Å². The Bertz CT molecular complexity index is 296. The minimum atomic E-state index is 0.316. The van der Waals surface area contributed by atoms with Gasteiger partial charge in [0.25, 0.3) is 0 Å². The molecule has 0 radical (unpaired) electrons. The third kappa shape index (κ3) is 2.34. The van der Waals surface area contributed by atoms with E-state index in [1.807, 2.05) is 0 Å². The van der Waals surface area contributed by atoms with Gasteiger partial charge in [-0.25, -0.2) is 0 Å². The molecule has 0 aromatic rings. The summed E-state index contributed by atoms with van der Waals surface area (Å²) in [6, 6.07) is 0.808. The molecule has 0 saturated carbocycles. The van der Waals surface area contributed by atoms with Crippen LogP contribution >= 0.6 is 0 Å². The molecule has 0 spiro atoms. The molecule has 2 unspecified atom stereocenters. The van der Waals surface area contributed by atoms with Crippen LogP contribution < -0.4 is 5.73 Å². The Balaban J connectivity index is 1.83. The van der Waals surface area contributed by atoms with Gasteiger partial charge in [-0.1, -0.05) is 19.8 Å². The van der Waals surface area contributed by atoms with E-state index in [2.05, 4.69) is 16.7 Å². The lowest BCUT2D eigenvalue weighted by Crippen LogP contribution is -2.72. The van der Waals surface area contributed by atoms with Crippen molar-refractivity contribution in [3.8, 4) is 0 Å². The Morgan fingerprint density at radius 1 is 1.11 bits per heavy atom. The summed E-state index contributed by atoms with van der Waals surface area (Å²) in [5, 5.41) is 0. The van der Waals surface area contributed by atoms with E-state index in [-0.39, 0.29) is 0 Å². The van der Waals surface area contributed by atoms with Crippen molar-refractivity contribution in [2.24, 2.45) is 11.7 Å². The average molecular weight is 265 g/mol. The van der Waals surface area contributed by atoms with Crippen molar-refractivity contribution >= 4 is 0 Å². The Labute approximate surface area is 118 Å². The van der Waals surface area contributed by atoms with Gasteiger partial charge in [-0.05, 0) is 57.7 Å². The summed E-state index contributed by atoms with van der Waals surface area (Å²) in [6.07, 6.45) is 9.66. The molecule has 2 atom stereocenters. The van der Waals surface area contributed by atoms with Crippen molar-refractivity contribution < 1.29 is 0 Å². The largest absolute Gasteiger partial charge is 0.329 e. The minimum absolute atomic E-state index is 0.316. The van der Waals surface area contributed by atoms with Crippen molar-refractivity contribution in [1.82, 2.24) is 9.80 Å². The highest BCUT2D eigenvalue weighted by atomic mass is 15.3. The second kappa shape index (κ2) is 5.71. The number of hydrogen-bond donors (Lipinski definition) is 1. The van der Waals surface area contributed by atoms with Gasteiger partial charge in [0.05, 0.1) is 0 Å². The van der Waals surface area contributed by atoms with E-state index in [9.17, 15) is 0 Å². The van der Waals surface area contributed by atoms with Gasteiger partial charge in [0, 0.05) is 24.7 Å². The molecular formula is C16H31N3. The van der Waals surface area contributed by atoms with Crippen LogP contribution in [0.15, 0.2) is 0 Å². The molecule has 3 nitrogen and oxygen atoms in total. The summed E-state index contributed by atoms with van der Waals surface area (Å²) in [7, 11) is 0. The third-order valence-corrected chi connectivity index (χ3v) is 6.02. The third-order valence-electron chi connectivity index (χ3n) is 6.02. The molecule has 3 heteroatoms. The highest BCUT2D eigenvalue weighted by Gasteiger charge is 2.51. The summed E-state index contributed by atoms with van der Waals surface area (Å²) in [6.45, 7) is 8.38. The number of piperidine rings is 4. The van der Waals surface area contributed by atoms with Gasteiger partial charge in [0.2, 0.25) is 0 Å². The second-order valence-corrected chi connectivity index (χ2v) is 6.99. The molecule has 19 heavy (non-hydrogen) atoms. The van der Waals surface area contributed by atoms with E-state index in [1.165, 1.54) is 71.1 Å². The fraction of sp³-hybridized carbons (Fsp3) is 1.00. The van der Waals surface area contributed by atoms with E-state index in [1.54, 1.807) is 0 Å². The number of rotatable bonds is 4. The highest BCUT2D eigenvalue weighted by Crippen LogP contribution is 2.42. The molecule has 4 aliphatic rings. The second-order valence-electron chi connectivity index (χ2n) is 6.99. The first-order valence-corrected chi connectivity index (χ1v) is 8.49. The maximum Gasteiger partial charge on any atom is 0.0490 e. The summed E-state index contributed by atoms with van der Waals surface area (Å²) in [5.41, 5.74) is 6.66. The standard InChI is InChI=1S/C16H31N3/c1-2-5-15-6-3-4-9-19(15)16(12-17)13-18-10-7-14(16)8-11-18/h14-15H,2-13,17H2,1H3. The summed E-state index contributed by atoms with van der Waals surface area (Å²) >= 11 is 0. The number of likely N-dealkylation sites (tertiary alicyclic amines) is 1. The molecule has 0 aliphatic carbocycles. The van der Waals surface area contributed by atoms with Gasteiger partial charge in [0.1, 0.15) is 0 Å². The van der Waals surface area contributed by atoms with Crippen LogP contribution in [0.5, 0.6) is 0 Å². The Kier molecular flexibility index (Phi) is 4.16. The van der Waals surface area contributed by atoms with Crippen molar-refractivity contribution in [2.45, 2.75) is 63.5 Å². The molecule has 110 valence electrons. The molecule has 4 rings (SSSR count). The van der Waals surface area contributed by atoms with Crippen LogP contribution in [-0.4, -0.2) is 54.1 Å². The monoisotopic (exact) mass is 265 g/mol. The normalized spacial score (nSPS) is 43.6. The van der Waals surface area contributed by atoms with Crippen LogP contribution in [0.3, 0.4) is 0 Å². The Morgan fingerprint density at radius 3 is 2.47 bits per heavy atom. The van der Waals surface area contributed by atoms with Crippen molar-refractivity contribution in [1.29, 1.82) is 0 Å². The first-order chi connectivity index (χ1) is 9.30. The predicted octanol–water partition coefficient (Wildman–Crippen LogP) is 2.06. The molecule has 0 amide bonds. The molecular weight excluding hydrogens is 234 g/mol. The molecule has 4 heterocycles. The van der Waals surface area contributed by atoms with E-state index >= 15 is 0 Å². The van der Waals surface area contributed by atoms with Crippen LogP contribution in [-0.2, 0) is 0 Å². The van der Waals surface area contributed by atoms with Crippen LogP contribution in [0.1, 0.15) is 51.9 Å². The first-order valence-electron chi connectivity index (χ1n) is 8.49. The molecule has 2 bridgehead atoms. The summed E-state index contributed by atoms with van der Waals surface area (Å²) in [5.74, 6) is 0.861. The SMILES string of the molecule is CCCC1CCCCN1C1(CN)CN2CCC1CC2. The van der Waals surface area contributed by atoms with Crippen LogP contribution in [0.25, 0.3) is 0 Å². The van der Waals surface area contributed by atoms with Crippen LogP contribution in [0, 0.1) is 5.92 Å². The number of hydrogen-bond acceptors (Lipinski definition) is 3. The van der Waals surface area contributed by atoms with E-state index in [0.29, 0.717) is 5.54 Å². The van der Waals surface area contributed by atoms with Gasteiger partial charge >= 0.3 is 0 Å². The number of fused-ring (bicyclic) bond motifs is 3. The fourth-order valence-electron chi connectivity index (χ4n) is 5.04. The zero-order valence-electron chi connectivity index (χ0n) is 12.6. The molecule has 4 aliphatic heterocycles. The maximum atomic E-state index is 6.35. The molecule has 0 aromatic carbocycles. The summed E-state index contributed by atoms with van der Waals surface area (Å²) in [4.78, 5) is 5.54. The first kappa shape index (κ1) is 13.8. The Morgan fingerprint density at radius 2 is 1.89 bits per heavy atom. The molecule has 0 aromatic heterocycles. The lowest BCUT2D eigenvalue weighted by molar-refractivity contribution is -0.0963. The average Bonchev–Trinajstić information content (AvgIpc) is 2.49. The molecule has 4 saturated heterocycles. The number of nitrogens with two attached hydrogens (primary N) is 1. The summed E-state index contributed by atoms with van der Waals surface area (Å²) < 4.78 is 0. The topological polar surface area (TPSA) is 32.5 Å². The van der Waals surface area contributed by atoms with E-state index in [0.717, 1.165) is 18.5 Å². The zero-order valence-corrected chi connectivity index (χ0v) is 12.6.